The summed E-state index contributed by atoms with van der Waals surface area (Å²) >= 11 is 0. The second kappa shape index (κ2) is 4.47. The average molecular weight is 180 g/mol. The highest BCUT2D eigenvalue weighted by molar-refractivity contribution is 5.11. The molecule has 0 amide bonds. The minimum Gasteiger partial charge on any atom is -0.363 e. The van der Waals surface area contributed by atoms with Crippen LogP contribution in [0, 0.1) is 5.92 Å². The molecule has 2 N–H and O–H groups in total. The minimum atomic E-state index is 0.640. The molecule has 2 heteroatoms. The van der Waals surface area contributed by atoms with Gasteiger partial charge < -0.3 is 10.6 Å². The SMILES string of the molecule is C=C(C)NC(=C)C1CC(NCC)C1. The van der Waals surface area contributed by atoms with Crippen LogP contribution in [-0.4, -0.2) is 12.6 Å². The van der Waals surface area contributed by atoms with Crippen molar-refractivity contribution in [2.75, 3.05) is 6.54 Å². The van der Waals surface area contributed by atoms with E-state index in [1.165, 1.54) is 12.8 Å². The molecule has 0 heterocycles. The fourth-order valence-electron chi connectivity index (χ4n) is 1.73. The molecular formula is C11H20N2. The summed E-state index contributed by atoms with van der Waals surface area (Å²) in [5.74, 6) is 0.640. The first-order valence-corrected chi connectivity index (χ1v) is 4.98. The van der Waals surface area contributed by atoms with Gasteiger partial charge in [0.05, 0.1) is 0 Å². The number of rotatable bonds is 5. The van der Waals surface area contributed by atoms with Crippen molar-refractivity contribution in [1.29, 1.82) is 0 Å². The molecule has 0 aliphatic heterocycles. The van der Waals surface area contributed by atoms with E-state index in [1.54, 1.807) is 0 Å². The molecule has 0 aromatic heterocycles. The molecule has 74 valence electrons. The van der Waals surface area contributed by atoms with Crippen molar-refractivity contribution in [2.24, 2.45) is 5.92 Å². The predicted octanol–water partition coefficient (Wildman–Crippen LogP) is 2.01. The van der Waals surface area contributed by atoms with Crippen molar-refractivity contribution in [1.82, 2.24) is 10.6 Å². The summed E-state index contributed by atoms with van der Waals surface area (Å²) in [7, 11) is 0. The van der Waals surface area contributed by atoms with Crippen molar-refractivity contribution in [3.8, 4) is 0 Å². The van der Waals surface area contributed by atoms with Gasteiger partial charge in [0.15, 0.2) is 0 Å². The molecule has 1 fully saturated rings. The minimum absolute atomic E-state index is 0.640. The molecule has 0 radical (unpaired) electrons. The first-order chi connectivity index (χ1) is 6.13. The van der Waals surface area contributed by atoms with Crippen LogP contribution < -0.4 is 10.6 Å². The summed E-state index contributed by atoms with van der Waals surface area (Å²) in [5, 5.41) is 6.62. The van der Waals surface area contributed by atoms with Crippen LogP contribution in [-0.2, 0) is 0 Å². The monoisotopic (exact) mass is 180 g/mol. The Kier molecular flexibility index (Phi) is 3.55. The maximum absolute atomic E-state index is 4.01. The number of hydrogen-bond acceptors (Lipinski definition) is 2. The Labute approximate surface area is 81.1 Å². The molecule has 13 heavy (non-hydrogen) atoms. The Bertz CT molecular complexity index is 202. The molecule has 0 bridgehead atoms. The van der Waals surface area contributed by atoms with Crippen LogP contribution in [0.2, 0.25) is 0 Å². The lowest BCUT2D eigenvalue weighted by Crippen LogP contribution is -2.43. The Morgan fingerprint density at radius 1 is 1.38 bits per heavy atom. The van der Waals surface area contributed by atoms with E-state index in [-0.39, 0.29) is 0 Å². The second-order valence-corrected chi connectivity index (χ2v) is 3.85. The average Bonchev–Trinajstić information content (AvgIpc) is 1.93. The molecule has 1 rings (SSSR count). The van der Waals surface area contributed by atoms with Crippen LogP contribution in [0.1, 0.15) is 26.7 Å². The van der Waals surface area contributed by atoms with E-state index in [0.717, 1.165) is 17.9 Å². The van der Waals surface area contributed by atoms with Crippen LogP contribution in [0.15, 0.2) is 24.6 Å². The second-order valence-electron chi connectivity index (χ2n) is 3.85. The van der Waals surface area contributed by atoms with Gasteiger partial charge in [0, 0.05) is 23.4 Å². The van der Waals surface area contributed by atoms with E-state index in [9.17, 15) is 0 Å². The van der Waals surface area contributed by atoms with Gasteiger partial charge in [-0.25, -0.2) is 0 Å². The van der Waals surface area contributed by atoms with Crippen LogP contribution in [0.25, 0.3) is 0 Å². The summed E-state index contributed by atoms with van der Waals surface area (Å²) in [6.45, 7) is 13.0. The van der Waals surface area contributed by atoms with Gasteiger partial charge in [0.2, 0.25) is 0 Å². The van der Waals surface area contributed by atoms with Crippen molar-refractivity contribution in [3.05, 3.63) is 24.6 Å². The molecule has 0 unspecified atom stereocenters. The first kappa shape index (κ1) is 10.3. The molecule has 0 spiro atoms. The number of allylic oxidation sites excluding steroid dienone is 2. The van der Waals surface area contributed by atoms with Gasteiger partial charge in [-0.3, -0.25) is 0 Å². The van der Waals surface area contributed by atoms with E-state index in [1.807, 2.05) is 6.92 Å². The lowest BCUT2D eigenvalue weighted by Gasteiger charge is -2.37. The van der Waals surface area contributed by atoms with Crippen molar-refractivity contribution < 1.29 is 0 Å². The third-order valence-electron chi connectivity index (χ3n) is 2.50. The Hall–Kier alpha value is -0.760. The van der Waals surface area contributed by atoms with Crippen LogP contribution >= 0.6 is 0 Å². The molecule has 0 aromatic rings. The highest BCUT2D eigenvalue weighted by Crippen LogP contribution is 2.31. The molecule has 1 aliphatic rings. The molecule has 1 saturated carbocycles. The Balaban J connectivity index is 2.19. The van der Waals surface area contributed by atoms with Gasteiger partial charge in [-0.15, -0.1) is 0 Å². The van der Waals surface area contributed by atoms with E-state index in [4.69, 9.17) is 0 Å². The first-order valence-electron chi connectivity index (χ1n) is 4.98. The maximum Gasteiger partial charge on any atom is 0.0108 e. The van der Waals surface area contributed by atoms with E-state index in [2.05, 4.69) is 30.7 Å². The number of nitrogens with one attached hydrogen (secondary N) is 2. The summed E-state index contributed by atoms with van der Waals surface area (Å²) in [4.78, 5) is 0. The van der Waals surface area contributed by atoms with Gasteiger partial charge in [-0.2, -0.15) is 0 Å². The predicted molar refractivity (Wildman–Crippen MR) is 57.3 cm³/mol. The van der Waals surface area contributed by atoms with Gasteiger partial charge in [-0.05, 0) is 26.3 Å². The standard InChI is InChI=1S/C11H20N2/c1-5-12-11-6-10(7-11)9(4)13-8(2)3/h10-13H,2,4-7H2,1,3H3. The fourth-order valence-corrected chi connectivity index (χ4v) is 1.73. The highest BCUT2D eigenvalue weighted by atomic mass is 14.9. The van der Waals surface area contributed by atoms with E-state index < -0.39 is 0 Å². The molecule has 0 saturated heterocycles. The van der Waals surface area contributed by atoms with Gasteiger partial charge in [0.1, 0.15) is 0 Å². The van der Waals surface area contributed by atoms with Gasteiger partial charge in [0.25, 0.3) is 0 Å². The Morgan fingerprint density at radius 2 is 2.00 bits per heavy atom. The van der Waals surface area contributed by atoms with Crippen molar-refractivity contribution in [2.45, 2.75) is 32.7 Å². The molecule has 2 nitrogen and oxygen atoms in total. The smallest absolute Gasteiger partial charge is 0.0108 e. The third kappa shape index (κ3) is 2.88. The zero-order valence-corrected chi connectivity index (χ0v) is 8.69. The fraction of sp³-hybridized carbons (Fsp3) is 0.636. The van der Waals surface area contributed by atoms with Crippen LogP contribution in [0.5, 0.6) is 0 Å². The Morgan fingerprint density at radius 3 is 2.46 bits per heavy atom. The lowest BCUT2D eigenvalue weighted by molar-refractivity contribution is 0.254. The summed E-state index contributed by atoms with van der Waals surface area (Å²) < 4.78 is 0. The molecule has 1 aliphatic carbocycles. The normalized spacial score (nSPS) is 26.3. The summed E-state index contributed by atoms with van der Waals surface area (Å²) in [6, 6.07) is 0.707. The van der Waals surface area contributed by atoms with Crippen LogP contribution in [0.3, 0.4) is 0 Å². The maximum atomic E-state index is 4.01. The highest BCUT2D eigenvalue weighted by Gasteiger charge is 2.30. The molecule has 0 atom stereocenters. The zero-order chi connectivity index (χ0) is 9.84. The third-order valence-corrected chi connectivity index (χ3v) is 2.50. The number of hydrogen-bond donors (Lipinski definition) is 2. The molecular weight excluding hydrogens is 160 g/mol. The van der Waals surface area contributed by atoms with E-state index in [0.29, 0.717) is 12.0 Å². The van der Waals surface area contributed by atoms with Crippen LogP contribution in [0.4, 0.5) is 0 Å². The van der Waals surface area contributed by atoms with Crippen molar-refractivity contribution >= 4 is 0 Å². The van der Waals surface area contributed by atoms with Gasteiger partial charge >= 0.3 is 0 Å². The largest absolute Gasteiger partial charge is 0.363 e. The summed E-state index contributed by atoms with van der Waals surface area (Å²) in [5.41, 5.74) is 2.11. The van der Waals surface area contributed by atoms with E-state index >= 15 is 0 Å². The topological polar surface area (TPSA) is 24.1 Å². The summed E-state index contributed by atoms with van der Waals surface area (Å²) in [6.07, 6.45) is 2.43. The quantitative estimate of drug-likeness (QED) is 0.676. The van der Waals surface area contributed by atoms with Crippen molar-refractivity contribution in [3.63, 3.8) is 0 Å². The van der Waals surface area contributed by atoms with Gasteiger partial charge in [-0.1, -0.05) is 20.1 Å². The zero-order valence-electron chi connectivity index (χ0n) is 8.69. The lowest BCUT2D eigenvalue weighted by atomic mass is 9.78. The molecule has 0 aromatic carbocycles.